The van der Waals surface area contributed by atoms with E-state index >= 15 is 0 Å². The molecule has 0 spiro atoms. The summed E-state index contributed by atoms with van der Waals surface area (Å²) >= 11 is 1.27. The molecule has 0 unspecified atom stereocenters. The van der Waals surface area contributed by atoms with Crippen LogP contribution in [0, 0.1) is 5.82 Å². The van der Waals surface area contributed by atoms with Crippen LogP contribution >= 0.6 is 11.8 Å². The minimum absolute atomic E-state index is 0.0470. The Kier molecular flexibility index (Phi) is 6.99. The molecule has 1 aromatic heterocycles. The van der Waals surface area contributed by atoms with Crippen molar-refractivity contribution in [3.05, 3.63) is 66.2 Å². The summed E-state index contributed by atoms with van der Waals surface area (Å²) in [6.45, 7) is 1.45. The summed E-state index contributed by atoms with van der Waals surface area (Å²) in [6.07, 6.45) is 3.13. The zero-order valence-corrected chi connectivity index (χ0v) is 19.7. The van der Waals surface area contributed by atoms with Crippen LogP contribution in [0.15, 0.2) is 59.8 Å². The van der Waals surface area contributed by atoms with Gasteiger partial charge in [-0.05, 0) is 49.2 Å². The van der Waals surface area contributed by atoms with Gasteiger partial charge in [-0.1, -0.05) is 30.0 Å². The van der Waals surface area contributed by atoms with Crippen molar-refractivity contribution in [3.63, 3.8) is 0 Å². The van der Waals surface area contributed by atoms with Gasteiger partial charge in [-0.25, -0.2) is 12.8 Å². The highest BCUT2D eigenvalue weighted by atomic mass is 32.2. The lowest BCUT2D eigenvalue weighted by atomic mass is 10.3. The van der Waals surface area contributed by atoms with E-state index < -0.39 is 15.8 Å². The second-order valence-electron chi connectivity index (χ2n) is 7.69. The first-order valence-corrected chi connectivity index (χ1v) is 13.3. The predicted molar refractivity (Wildman–Crippen MR) is 125 cm³/mol. The lowest BCUT2D eigenvalue weighted by molar-refractivity contribution is -0.127. The van der Waals surface area contributed by atoms with Gasteiger partial charge in [0.25, 0.3) is 0 Å². The van der Waals surface area contributed by atoms with Crippen LogP contribution in [0.2, 0.25) is 0 Å². The largest absolute Gasteiger partial charge is 0.342 e. The topological polar surface area (TPSA) is 88.4 Å². The second kappa shape index (κ2) is 9.92. The van der Waals surface area contributed by atoms with Gasteiger partial charge in [0.1, 0.15) is 5.82 Å². The number of para-hydroxylation sites is 1. The molecule has 0 radical (unpaired) electrons. The Hall–Kier alpha value is -2.92. The second-order valence-corrected chi connectivity index (χ2v) is 10.5. The van der Waals surface area contributed by atoms with E-state index in [1.165, 1.54) is 36.0 Å². The first-order valence-electron chi connectivity index (χ1n) is 10.5. The van der Waals surface area contributed by atoms with Gasteiger partial charge in [-0.2, -0.15) is 0 Å². The van der Waals surface area contributed by atoms with E-state index in [0.29, 0.717) is 16.7 Å². The minimum atomic E-state index is -3.69. The number of thioether (sulfide) groups is 1. The van der Waals surface area contributed by atoms with Crippen LogP contribution in [0.4, 0.5) is 10.1 Å². The maximum atomic E-state index is 13.4. The fraction of sp³-hybridized carbons (Fsp3) is 0.318. The van der Waals surface area contributed by atoms with Crippen molar-refractivity contribution < 1.29 is 17.6 Å². The highest BCUT2D eigenvalue weighted by molar-refractivity contribution is 7.99. The molecule has 1 fully saturated rings. The number of nitrogens with zero attached hydrogens (tertiary/aromatic N) is 5. The lowest BCUT2D eigenvalue weighted by Crippen LogP contribution is -2.30. The van der Waals surface area contributed by atoms with Crippen LogP contribution in [0.1, 0.15) is 18.7 Å². The summed E-state index contributed by atoms with van der Waals surface area (Å²) < 4.78 is 41.4. The Bertz CT molecular complexity index is 1210. The van der Waals surface area contributed by atoms with Crippen LogP contribution < -0.4 is 4.31 Å². The van der Waals surface area contributed by atoms with Crippen LogP contribution in [0.5, 0.6) is 0 Å². The van der Waals surface area contributed by atoms with Crippen molar-refractivity contribution in [1.29, 1.82) is 0 Å². The maximum Gasteiger partial charge on any atom is 0.233 e. The minimum Gasteiger partial charge on any atom is -0.342 e. The van der Waals surface area contributed by atoms with Crippen LogP contribution in [-0.2, 0) is 21.4 Å². The number of amides is 1. The van der Waals surface area contributed by atoms with Gasteiger partial charge < -0.3 is 4.90 Å². The Balaban J connectivity index is 1.65. The average Bonchev–Trinajstić information content (AvgIpc) is 3.47. The highest BCUT2D eigenvalue weighted by Crippen LogP contribution is 2.26. The zero-order valence-electron chi connectivity index (χ0n) is 18.1. The third-order valence-electron chi connectivity index (χ3n) is 5.30. The molecule has 0 atom stereocenters. The molecular weight excluding hydrogens is 465 g/mol. The van der Waals surface area contributed by atoms with Gasteiger partial charge in [-0.15, -0.1) is 10.2 Å². The molecule has 2 aromatic carbocycles. The monoisotopic (exact) mass is 489 g/mol. The van der Waals surface area contributed by atoms with Crippen molar-refractivity contribution in [3.8, 4) is 5.69 Å². The summed E-state index contributed by atoms with van der Waals surface area (Å²) in [5.41, 5.74) is 1.07. The van der Waals surface area contributed by atoms with E-state index in [1.807, 2.05) is 35.2 Å². The fourth-order valence-corrected chi connectivity index (χ4v) is 5.38. The van der Waals surface area contributed by atoms with E-state index in [9.17, 15) is 17.6 Å². The van der Waals surface area contributed by atoms with E-state index in [0.717, 1.165) is 42.2 Å². The fourth-order valence-electron chi connectivity index (χ4n) is 3.65. The SMILES string of the molecule is CS(=O)(=O)N(Cc1nnc(SCC(=O)N2CCCC2)n1-c1ccccc1)c1ccc(F)cc1. The number of rotatable bonds is 8. The highest BCUT2D eigenvalue weighted by Gasteiger charge is 2.24. The quantitative estimate of drug-likeness (QED) is 0.452. The van der Waals surface area contributed by atoms with Gasteiger partial charge in [0.2, 0.25) is 15.9 Å². The molecule has 1 amide bonds. The number of benzene rings is 2. The van der Waals surface area contributed by atoms with Crippen molar-refractivity contribution in [2.75, 3.05) is 29.4 Å². The molecule has 0 saturated carbocycles. The standard InChI is InChI=1S/C22H24FN5O3S2/c1-33(30,31)27(18-11-9-17(23)10-12-18)15-20-24-25-22(28(20)19-7-3-2-4-8-19)32-16-21(29)26-13-5-6-14-26/h2-4,7-12H,5-6,13-16H2,1H3. The summed E-state index contributed by atoms with van der Waals surface area (Å²) in [6, 6.07) is 14.5. The molecule has 0 aliphatic carbocycles. The molecule has 8 nitrogen and oxygen atoms in total. The lowest BCUT2D eigenvalue weighted by Gasteiger charge is -2.22. The normalized spacial score (nSPS) is 13.9. The Labute approximate surface area is 196 Å². The Morgan fingerprint density at radius 3 is 2.36 bits per heavy atom. The van der Waals surface area contributed by atoms with Gasteiger partial charge in [0.15, 0.2) is 11.0 Å². The molecule has 4 rings (SSSR count). The molecule has 1 aliphatic heterocycles. The van der Waals surface area contributed by atoms with Crippen molar-refractivity contribution in [2.45, 2.75) is 24.5 Å². The van der Waals surface area contributed by atoms with Crippen LogP contribution in [-0.4, -0.2) is 59.1 Å². The summed E-state index contributed by atoms with van der Waals surface area (Å²) in [5.74, 6) is 0.192. The van der Waals surface area contributed by atoms with Crippen molar-refractivity contribution in [2.24, 2.45) is 0 Å². The number of anilines is 1. The third kappa shape index (κ3) is 5.53. The number of sulfonamides is 1. The smallest absolute Gasteiger partial charge is 0.233 e. The van der Waals surface area contributed by atoms with Crippen molar-refractivity contribution in [1.82, 2.24) is 19.7 Å². The number of hydrogen-bond donors (Lipinski definition) is 0. The number of hydrogen-bond acceptors (Lipinski definition) is 6. The van der Waals surface area contributed by atoms with E-state index in [1.54, 1.807) is 4.57 Å². The summed E-state index contributed by atoms with van der Waals surface area (Å²) in [4.78, 5) is 14.4. The average molecular weight is 490 g/mol. The van der Waals surface area contributed by atoms with Gasteiger partial charge in [0, 0.05) is 18.8 Å². The van der Waals surface area contributed by atoms with E-state index in [-0.39, 0.29) is 18.2 Å². The van der Waals surface area contributed by atoms with Crippen molar-refractivity contribution >= 4 is 33.4 Å². The molecule has 11 heteroatoms. The van der Waals surface area contributed by atoms with Gasteiger partial charge >= 0.3 is 0 Å². The molecule has 33 heavy (non-hydrogen) atoms. The number of halogens is 1. The molecular formula is C22H24FN5O3S2. The number of likely N-dealkylation sites (tertiary alicyclic amines) is 1. The number of carbonyl (C=O) groups is 1. The van der Waals surface area contributed by atoms with E-state index in [4.69, 9.17) is 0 Å². The van der Waals surface area contributed by atoms with Gasteiger partial charge in [-0.3, -0.25) is 13.7 Å². The molecule has 2 heterocycles. The molecule has 1 aliphatic rings. The molecule has 0 bridgehead atoms. The molecule has 3 aromatic rings. The first-order chi connectivity index (χ1) is 15.8. The Morgan fingerprint density at radius 2 is 1.73 bits per heavy atom. The predicted octanol–water partition coefficient (Wildman–Crippen LogP) is 3.09. The number of carbonyl (C=O) groups excluding carboxylic acids is 1. The zero-order chi connectivity index (χ0) is 23.4. The molecule has 174 valence electrons. The van der Waals surface area contributed by atoms with Gasteiger partial charge in [0.05, 0.1) is 24.2 Å². The van der Waals surface area contributed by atoms with Crippen LogP contribution in [0.3, 0.4) is 0 Å². The Morgan fingerprint density at radius 1 is 1.06 bits per heavy atom. The van der Waals surface area contributed by atoms with E-state index in [2.05, 4.69) is 10.2 Å². The maximum absolute atomic E-state index is 13.4. The molecule has 1 saturated heterocycles. The van der Waals surface area contributed by atoms with Crippen LogP contribution in [0.25, 0.3) is 5.69 Å². The first kappa shape index (κ1) is 23.2. The summed E-state index contributed by atoms with van der Waals surface area (Å²) in [7, 11) is -3.69. The summed E-state index contributed by atoms with van der Waals surface area (Å²) in [5, 5.41) is 9.01. The third-order valence-corrected chi connectivity index (χ3v) is 7.35. The number of aromatic nitrogens is 3. The molecule has 0 N–H and O–H groups in total.